The van der Waals surface area contributed by atoms with Crippen molar-refractivity contribution in [1.82, 2.24) is 14.7 Å². The molecule has 0 aliphatic carbocycles. The van der Waals surface area contributed by atoms with E-state index in [1.54, 1.807) is 17.6 Å². The van der Waals surface area contributed by atoms with Crippen LogP contribution in [0.2, 0.25) is 5.02 Å². The number of fused-ring (bicyclic) bond motifs is 1. The van der Waals surface area contributed by atoms with E-state index in [2.05, 4.69) is 10.1 Å². The zero-order chi connectivity index (χ0) is 16.7. The van der Waals surface area contributed by atoms with Crippen LogP contribution in [0.15, 0.2) is 51.8 Å². The molecule has 0 N–H and O–H groups in total. The van der Waals surface area contributed by atoms with Gasteiger partial charge < -0.3 is 4.52 Å². The molecule has 0 bridgehead atoms. The van der Waals surface area contributed by atoms with Crippen molar-refractivity contribution in [2.24, 2.45) is 0 Å². The first-order chi connectivity index (χ1) is 11.6. The summed E-state index contributed by atoms with van der Waals surface area (Å²) in [6, 6.07) is 13.3. The molecule has 0 radical (unpaired) electrons. The minimum Gasteiger partial charge on any atom is -0.339 e. The molecule has 5 nitrogen and oxygen atoms in total. The topological polar surface area (TPSA) is 60.9 Å². The molecule has 7 heteroatoms. The minimum absolute atomic E-state index is 0.00641. The number of nitrogens with zero attached hydrogens (tertiary/aromatic N) is 3. The summed E-state index contributed by atoms with van der Waals surface area (Å²) in [4.78, 5) is 16.5. The summed E-state index contributed by atoms with van der Waals surface area (Å²) < 4.78 is 7.68. The first-order valence-corrected chi connectivity index (χ1v) is 8.48. The summed E-state index contributed by atoms with van der Waals surface area (Å²) in [5, 5.41) is 4.55. The van der Waals surface area contributed by atoms with Crippen LogP contribution in [0.3, 0.4) is 0 Å². The van der Waals surface area contributed by atoms with E-state index in [4.69, 9.17) is 16.1 Å². The molecule has 0 aliphatic rings. The van der Waals surface area contributed by atoms with E-state index < -0.39 is 0 Å². The zero-order valence-corrected chi connectivity index (χ0v) is 14.3. The molecule has 120 valence electrons. The summed E-state index contributed by atoms with van der Waals surface area (Å²) >= 11 is 7.29. The Kier molecular flexibility index (Phi) is 3.70. The Morgan fingerprint density at radius 2 is 2.12 bits per heavy atom. The minimum atomic E-state index is -0.00641. The van der Waals surface area contributed by atoms with Crippen LogP contribution in [0.1, 0.15) is 11.5 Å². The van der Waals surface area contributed by atoms with Gasteiger partial charge in [-0.05, 0) is 29.8 Å². The highest BCUT2D eigenvalue weighted by atomic mass is 35.5. The van der Waals surface area contributed by atoms with Crippen LogP contribution in [0, 0.1) is 6.92 Å². The Labute approximate surface area is 146 Å². The van der Waals surface area contributed by atoms with Crippen molar-refractivity contribution in [3.05, 3.63) is 68.6 Å². The molecule has 2 aromatic carbocycles. The maximum atomic E-state index is 12.3. The van der Waals surface area contributed by atoms with Gasteiger partial charge in [0.25, 0.3) is 0 Å². The van der Waals surface area contributed by atoms with Crippen molar-refractivity contribution in [1.29, 1.82) is 0 Å². The van der Waals surface area contributed by atoms with Crippen LogP contribution < -0.4 is 4.87 Å². The van der Waals surface area contributed by atoms with Gasteiger partial charge in [-0.3, -0.25) is 9.36 Å². The molecule has 4 rings (SSSR count). The maximum Gasteiger partial charge on any atom is 0.308 e. The second kappa shape index (κ2) is 5.89. The number of aromatic nitrogens is 3. The maximum absolute atomic E-state index is 12.3. The van der Waals surface area contributed by atoms with Gasteiger partial charge in [0.15, 0.2) is 0 Å². The molecule has 0 amide bonds. The molecule has 2 heterocycles. The Balaban J connectivity index is 1.75. The van der Waals surface area contributed by atoms with Crippen LogP contribution in [0.25, 0.3) is 21.6 Å². The Morgan fingerprint density at radius 1 is 1.25 bits per heavy atom. The third-order valence-electron chi connectivity index (χ3n) is 3.68. The number of thiazole rings is 1. The quantitative estimate of drug-likeness (QED) is 0.553. The fraction of sp³-hybridized carbons (Fsp3) is 0.118. The van der Waals surface area contributed by atoms with Crippen molar-refractivity contribution in [2.75, 3.05) is 0 Å². The lowest BCUT2D eigenvalue weighted by molar-refractivity contribution is 0.394. The van der Waals surface area contributed by atoms with Crippen LogP contribution in [0.4, 0.5) is 0 Å². The second-order valence-electron chi connectivity index (χ2n) is 5.40. The largest absolute Gasteiger partial charge is 0.339 e. The van der Waals surface area contributed by atoms with Gasteiger partial charge in [0, 0.05) is 17.5 Å². The number of hydrogen-bond acceptors (Lipinski definition) is 5. The fourth-order valence-electron chi connectivity index (χ4n) is 2.59. The van der Waals surface area contributed by atoms with E-state index in [0.29, 0.717) is 23.3 Å². The Hall–Kier alpha value is -2.44. The van der Waals surface area contributed by atoms with Gasteiger partial charge in [0.05, 0.1) is 16.8 Å². The molecule has 0 fully saturated rings. The van der Waals surface area contributed by atoms with Crippen LogP contribution in [0.5, 0.6) is 0 Å². The van der Waals surface area contributed by atoms with E-state index >= 15 is 0 Å². The molecule has 0 aliphatic heterocycles. The molecule has 0 saturated carbocycles. The highest BCUT2D eigenvalue weighted by Crippen LogP contribution is 2.23. The average Bonchev–Trinajstić information content (AvgIpc) is 3.12. The van der Waals surface area contributed by atoms with E-state index in [1.165, 1.54) is 11.3 Å². The lowest BCUT2D eigenvalue weighted by Gasteiger charge is -2.05. The summed E-state index contributed by atoms with van der Waals surface area (Å²) in [5.41, 5.74) is 2.69. The van der Waals surface area contributed by atoms with Gasteiger partial charge in [-0.25, -0.2) is 0 Å². The van der Waals surface area contributed by atoms with E-state index in [1.807, 2.05) is 36.4 Å². The SMILES string of the molecule is Cc1nc(-c2cccc(Cn3c(=O)sc4ccc(Cl)cc43)c2)no1. The number of hydrogen-bond donors (Lipinski definition) is 0. The van der Waals surface area contributed by atoms with Crippen molar-refractivity contribution in [3.8, 4) is 11.4 Å². The lowest BCUT2D eigenvalue weighted by atomic mass is 10.1. The molecule has 0 spiro atoms. The summed E-state index contributed by atoms with van der Waals surface area (Å²) in [5.74, 6) is 1.06. The van der Waals surface area contributed by atoms with E-state index in [0.717, 1.165) is 21.3 Å². The number of aryl methyl sites for hydroxylation is 1. The van der Waals surface area contributed by atoms with E-state index in [9.17, 15) is 4.79 Å². The van der Waals surface area contributed by atoms with Crippen molar-refractivity contribution < 1.29 is 4.52 Å². The monoisotopic (exact) mass is 357 g/mol. The smallest absolute Gasteiger partial charge is 0.308 e. The number of benzene rings is 2. The molecule has 0 unspecified atom stereocenters. The zero-order valence-electron chi connectivity index (χ0n) is 12.7. The predicted molar refractivity (Wildman–Crippen MR) is 94.7 cm³/mol. The van der Waals surface area contributed by atoms with Crippen molar-refractivity contribution >= 4 is 33.2 Å². The van der Waals surface area contributed by atoms with Crippen LogP contribution in [-0.2, 0) is 6.54 Å². The van der Waals surface area contributed by atoms with Gasteiger partial charge in [-0.2, -0.15) is 4.98 Å². The molecular weight excluding hydrogens is 346 g/mol. The summed E-state index contributed by atoms with van der Waals surface area (Å²) in [7, 11) is 0. The third-order valence-corrected chi connectivity index (χ3v) is 4.88. The predicted octanol–water partition coefficient (Wildman–Crippen LogP) is 4.12. The Bertz CT molecular complexity index is 1100. The normalized spacial score (nSPS) is 11.2. The first-order valence-electron chi connectivity index (χ1n) is 7.29. The molecule has 0 saturated heterocycles. The molecule has 4 aromatic rings. The molecule has 0 atom stereocenters. The van der Waals surface area contributed by atoms with Gasteiger partial charge in [0.1, 0.15) is 0 Å². The molecule has 2 aromatic heterocycles. The Morgan fingerprint density at radius 3 is 2.92 bits per heavy atom. The van der Waals surface area contributed by atoms with Gasteiger partial charge in [-0.15, -0.1) is 0 Å². The fourth-order valence-corrected chi connectivity index (χ4v) is 3.63. The molecule has 24 heavy (non-hydrogen) atoms. The first kappa shape index (κ1) is 15.1. The summed E-state index contributed by atoms with van der Waals surface area (Å²) in [6.45, 7) is 2.21. The van der Waals surface area contributed by atoms with Crippen LogP contribution in [-0.4, -0.2) is 14.7 Å². The van der Waals surface area contributed by atoms with Gasteiger partial charge in [-0.1, -0.05) is 46.3 Å². The van der Waals surface area contributed by atoms with Gasteiger partial charge >= 0.3 is 4.87 Å². The third kappa shape index (κ3) is 2.74. The summed E-state index contributed by atoms with van der Waals surface area (Å²) in [6.07, 6.45) is 0. The molecular formula is C17H12ClN3O2S. The lowest BCUT2D eigenvalue weighted by Crippen LogP contribution is -2.13. The van der Waals surface area contributed by atoms with Crippen molar-refractivity contribution in [3.63, 3.8) is 0 Å². The number of rotatable bonds is 3. The highest BCUT2D eigenvalue weighted by Gasteiger charge is 2.10. The average molecular weight is 358 g/mol. The van der Waals surface area contributed by atoms with Crippen LogP contribution >= 0.6 is 22.9 Å². The number of halogens is 1. The van der Waals surface area contributed by atoms with E-state index in [-0.39, 0.29) is 4.87 Å². The standard InChI is InChI=1S/C17H12ClN3O2S/c1-10-19-16(20-23-10)12-4-2-3-11(7-12)9-21-14-8-13(18)5-6-15(14)24-17(21)22/h2-8H,9H2,1H3. The van der Waals surface area contributed by atoms with Crippen molar-refractivity contribution in [2.45, 2.75) is 13.5 Å². The highest BCUT2D eigenvalue weighted by molar-refractivity contribution is 7.16. The second-order valence-corrected chi connectivity index (χ2v) is 6.83. The van der Waals surface area contributed by atoms with Gasteiger partial charge in [0.2, 0.25) is 11.7 Å².